The standard InChI is InChI=1S/C19H20O2/c20-18(16-6-1-5-15(12-16)13-9-10-13)17-8-2-4-14-7-3-11-21-19(14)17/h1-2,4-6,8,12-13,18,20H,3,7,9-11H2. The summed E-state index contributed by atoms with van der Waals surface area (Å²) in [6.07, 6.45) is 4.06. The Balaban J connectivity index is 1.71. The van der Waals surface area contributed by atoms with E-state index in [1.165, 1.54) is 24.0 Å². The molecule has 1 heterocycles. The van der Waals surface area contributed by atoms with Crippen LogP contribution in [0.4, 0.5) is 0 Å². The lowest BCUT2D eigenvalue weighted by molar-refractivity contribution is 0.206. The Morgan fingerprint density at radius 1 is 1.10 bits per heavy atom. The van der Waals surface area contributed by atoms with E-state index in [0.29, 0.717) is 5.92 Å². The number of hydrogen-bond donors (Lipinski definition) is 1. The number of para-hydroxylation sites is 1. The largest absolute Gasteiger partial charge is 0.493 e. The first-order valence-corrected chi connectivity index (χ1v) is 7.85. The highest BCUT2D eigenvalue weighted by Crippen LogP contribution is 2.42. The minimum atomic E-state index is -0.600. The molecule has 0 saturated heterocycles. The Morgan fingerprint density at radius 2 is 1.95 bits per heavy atom. The molecular weight excluding hydrogens is 260 g/mol. The first-order valence-electron chi connectivity index (χ1n) is 7.85. The van der Waals surface area contributed by atoms with E-state index < -0.39 is 6.10 Å². The number of fused-ring (bicyclic) bond motifs is 1. The van der Waals surface area contributed by atoms with Gasteiger partial charge in [-0.15, -0.1) is 0 Å². The van der Waals surface area contributed by atoms with Crippen molar-refractivity contribution in [3.8, 4) is 5.75 Å². The Kier molecular flexibility index (Phi) is 3.19. The molecule has 1 fully saturated rings. The summed E-state index contributed by atoms with van der Waals surface area (Å²) in [6.45, 7) is 0.749. The summed E-state index contributed by atoms with van der Waals surface area (Å²) in [5, 5.41) is 10.8. The average molecular weight is 280 g/mol. The van der Waals surface area contributed by atoms with Crippen LogP contribution in [-0.2, 0) is 6.42 Å². The quantitative estimate of drug-likeness (QED) is 0.921. The van der Waals surface area contributed by atoms with Gasteiger partial charge in [0.25, 0.3) is 0 Å². The summed E-state index contributed by atoms with van der Waals surface area (Å²) in [5.41, 5.74) is 4.45. The van der Waals surface area contributed by atoms with Crippen LogP contribution in [0.25, 0.3) is 0 Å². The fraction of sp³-hybridized carbons (Fsp3) is 0.368. The maximum atomic E-state index is 10.8. The maximum absolute atomic E-state index is 10.8. The molecule has 1 atom stereocenters. The Labute approximate surface area is 125 Å². The van der Waals surface area contributed by atoms with Crippen LogP contribution in [0.2, 0.25) is 0 Å². The topological polar surface area (TPSA) is 29.5 Å². The van der Waals surface area contributed by atoms with Crippen LogP contribution in [0.1, 0.15) is 53.5 Å². The maximum Gasteiger partial charge on any atom is 0.128 e. The number of hydrogen-bond acceptors (Lipinski definition) is 2. The number of aryl methyl sites for hydroxylation is 1. The Bertz CT molecular complexity index is 658. The summed E-state index contributed by atoms with van der Waals surface area (Å²) >= 11 is 0. The smallest absolute Gasteiger partial charge is 0.128 e. The number of ether oxygens (including phenoxy) is 1. The lowest BCUT2D eigenvalue weighted by Crippen LogP contribution is -2.12. The molecule has 2 nitrogen and oxygen atoms in total. The SMILES string of the molecule is OC(c1cccc(C2CC2)c1)c1cccc2c1OCCC2. The van der Waals surface area contributed by atoms with Gasteiger partial charge in [0, 0.05) is 5.56 Å². The molecule has 1 aliphatic carbocycles. The molecule has 21 heavy (non-hydrogen) atoms. The zero-order valence-electron chi connectivity index (χ0n) is 12.1. The van der Waals surface area contributed by atoms with E-state index in [1.807, 2.05) is 18.2 Å². The summed E-state index contributed by atoms with van der Waals surface area (Å²) < 4.78 is 5.83. The zero-order chi connectivity index (χ0) is 14.2. The minimum absolute atomic E-state index is 0.600. The van der Waals surface area contributed by atoms with Gasteiger partial charge in [-0.05, 0) is 48.3 Å². The molecule has 108 valence electrons. The van der Waals surface area contributed by atoms with Gasteiger partial charge in [0.1, 0.15) is 11.9 Å². The van der Waals surface area contributed by atoms with Crippen molar-refractivity contribution in [3.63, 3.8) is 0 Å². The van der Waals surface area contributed by atoms with Crippen molar-refractivity contribution in [1.29, 1.82) is 0 Å². The third kappa shape index (κ3) is 2.44. The molecule has 0 spiro atoms. The van der Waals surface area contributed by atoms with Gasteiger partial charge in [-0.2, -0.15) is 0 Å². The van der Waals surface area contributed by atoms with Gasteiger partial charge in [0.15, 0.2) is 0 Å². The highest BCUT2D eigenvalue weighted by molar-refractivity contribution is 5.47. The molecule has 1 unspecified atom stereocenters. The Hall–Kier alpha value is -1.80. The van der Waals surface area contributed by atoms with Crippen molar-refractivity contribution >= 4 is 0 Å². The van der Waals surface area contributed by atoms with Gasteiger partial charge in [0.2, 0.25) is 0 Å². The van der Waals surface area contributed by atoms with Gasteiger partial charge in [-0.3, -0.25) is 0 Å². The summed E-state index contributed by atoms with van der Waals surface area (Å²) in [5.74, 6) is 1.60. The van der Waals surface area contributed by atoms with Crippen LogP contribution < -0.4 is 4.74 Å². The first kappa shape index (κ1) is 12.9. The van der Waals surface area contributed by atoms with Crippen molar-refractivity contribution in [2.24, 2.45) is 0 Å². The van der Waals surface area contributed by atoms with Gasteiger partial charge >= 0.3 is 0 Å². The minimum Gasteiger partial charge on any atom is -0.493 e. The van der Waals surface area contributed by atoms with Crippen LogP contribution in [0.5, 0.6) is 5.75 Å². The lowest BCUT2D eigenvalue weighted by atomic mass is 9.94. The fourth-order valence-corrected chi connectivity index (χ4v) is 3.21. The molecule has 2 aliphatic rings. The normalized spacial score (nSPS) is 18.7. The highest BCUT2D eigenvalue weighted by atomic mass is 16.5. The number of aliphatic hydroxyl groups is 1. The van der Waals surface area contributed by atoms with Crippen molar-refractivity contribution in [3.05, 3.63) is 64.7 Å². The third-order valence-corrected chi connectivity index (χ3v) is 4.53. The van der Waals surface area contributed by atoms with E-state index >= 15 is 0 Å². The van der Waals surface area contributed by atoms with E-state index in [9.17, 15) is 5.11 Å². The second kappa shape index (κ2) is 5.19. The van der Waals surface area contributed by atoms with Crippen LogP contribution in [-0.4, -0.2) is 11.7 Å². The van der Waals surface area contributed by atoms with Gasteiger partial charge in [-0.1, -0.05) is 42.5 Å². The van der Waals surface area contributed by atoms with Crippen molar-refractivity contribution in [2.75, 3.05) is 6.61 Å². The monoisotopic (exact) mass is 280 g/mol. The molecule has 1 N–H and O–H groups in total. The summed E-state index contributed by atoms with van der Waals surface area (Å²) in [7, 11) is 0. The molecule has 2 heteroatoms. The van der Waals surface area contributed by atoms with Crippen LogP contribution in [0.3, 0.4) is 0 Å². The molecule has 0 amide bonds. The molecule has 1 aliphatic heterocycles. The van der Waals surface area contributed by atoms with Crippen molar-refractivity contribution in [2.45, 2.75) is 37.7 Å². The second-order valence-electron chi connectivity index (χ2n) is 6.13. The van der Waals surface area contributed by atoms with Gasteiger partial charge in [0.05, 0.1) is 6.61 Å². The molecule has 2 aromatic carbocycles. The number of aliphatic hydroxyl groups excluding tert-OH is 1. The van der Waals surface area contributed by atoms with Gasteiger partial charge in [-0.25, -0.2) is 0 Å². The van der Waals surface area contributed by atoms with Gasteiger partial charge < -0.3 is 9.84 Å². The second-order valence-corrected chi connectivity index (χ2v) is 6.13. The van der Waals surface area contributed by atoms with Crippen molar-refractivity contribution in [1.82, 2.24) is 0 Å². The molecule has 2 aromatic rings. The van der Waals surface area contributed by atoms with E-state index in [2.05, 4.69) is 24.3 Å². The molecule has 0 aromatic heterocycles. The van der Waals surface area contributed by atoms with E-state index in [0.717, 1.165) is 36.3 Å². The van der Waals surface area contributed by atoms with Crippen molar-refractivity contribution < 1.29 is 9.84 Å². The van der Waals surface area contributed by atoms with Crippen LogP contribution >= 0.6 is 0 Å². The zero-order valence-corrected chi connectivity index (χ0v) is 12.1. The number of rotatable bonds is 3. The predicted molar refractivity (Wildman–Crippen MR) is 82.7 cm³/mol. The van der Waals surface area contributed by atoms with E-state index in [4.69, 9.17) is 4.74 Å². The van der Waals surface area contributed by atoms with Crippen LogP contribution in [0.15, 0.2) is 42.5 Å². The summed E-state index contributed by atoms with van der Waals surface area (Å²) in [6, 6.07) is 14.5. The molecule has 0 radical (unpaired) electrons. The third-order valence-electron chi connectivity index (χ3n) is 4.53. The molecule has 1 saturated carbocycles. The number of benzene rings is 2. The lowest BCUT2D eigenvalue weighted by Gasteiger charge is -2.23. The Morgan fingerprint density at radius 3 is 2.81 bits per heavy atom. The molecule has 0 bridgehead atoms. The molecule has 4 rings (SSSR count). The van der Waals surface area contributed by atoms with E-state index in [1.54, 1.807) is 0 Å². The fourth-order valence-electron chi connectivity index (χ4n) is 3.21. The van der Waals surface area contributed by atoms with E-state index in [-0.39, 0.29) is 0 Å². The first-order chi connectivity index (χ1) is 10.3. The summed E-state index contributed by atoms with van der Waals surface area (Å²) in [4.78, 5) is 0. The highest BCUT2D eigenvalue weighted by Gasteiger charge is 2.25. The van der Waals surface area contributed by atoms with Crippen LogP contribution in [0, 0.1) is 0 Å². The predicted octanol–water partition coefficient (Wildman–Crippen LogP) is 3.97. The molecular formula is C19H20O2. The average Bonchev–Trinajstić information content (AvgIpc) is 3.39.